The number of carbonyl (C=O) groups is 2. The summed E-state index contributed by atoms with van der Waals surface area (Å²) in [5, 5.41) is 25.0. The third-order valence-corrected chi connectivity index (χ3v) is 7.46. The van der Waals surface area contributed by atoms with Crippen molar-refractivity contribution in [3.63, 3.8) is 0 Å². The van der Waals surface area contributed by atoms with Gasteiger partial charge in [0.25, 0.3) is 5.91 Å². The summed E-state index contributed by atoms with van der Waals surface area (Å²) < 4.78 is 31.7. The van der Waals surface area contributed by atoms with E-state index >= 15 is 0 Å². The number of carbonyl (C=O) groups excluding carboxylic acids is 1. The van der Waals surface area contributed by atoms with Crippen LogP contribution in [0.3, 0.4) is 0 Å². The molecule has 188 valence electrons. The average molecular weight is 492 g/mol. The molecule has 1 saturated carbocycles. The normalized spacial score (nSPS) is 24.8. The van der Waals surface area contributed by atoms with Crippen LogP contribution in [-0.2, 0) is 16.6 Å². The Bertz CT molecular complexity index is 1130. The molecule has 0 spiro atoms. The predicted molar refractivity (Wildman–Crippen MR) is 124 cm³/mol. The number of hydrogen-bond acceptors (Lipinski definition) is 5. The van der Waals surface area contributed by atoms with E-state index in [1.807, 2.05) is 18.2 Å². The highest BCUT2D eigenvalue weighted by atomic mass is 19.4. The highest BCUT2D eigenvalue weighted by Gasteiger charge is 2.51. The number of carboxylic acid groups (broad SMARTS) is 1. The first-order valence-corrected chi connectivity index (χ1v) is 11.6. The van der Waals surface area contributed by atoms with Crippen LogP contribution in [0.15, 0.2) is 36.4 Å². The Labute approximate surface area is 200 Å². The van der Waals surface area contributed by atoms with Crippen molar-refractivity contribution in [3.8, 4) is 5.75 Å². The summed E-state index contributed by atoms with van der Waals surface area (Å²) in [4.78, 5) is 20.6. The lowest BCUT2D eigenvalue weighted by Crippen LogP contribution is -2.59. The summed E-state index contributed by atoms with van der Waals surface area (Å²) in [5.74, 6) is -2.32. The maximum atomic E-state index is 11.7. The molecule has 2 bridgehead atoms. The van der Waals surface area contributed by atoms with Crippen molar-refractivity contribution in [3.05, 3.63) is 53.1 Å². The third kappa shape index (κ3) is 4.80. The van der Waals surface area contributed by atoms with E-state index in [1.165, 1.54) is 36.8 Å². The zero-order valence-electron chi connectivity index (χ0n) is 19.0. The molecule has 10 heteroatoms. The molecule has 3 atom stereocenters. The van der Waals surface area contributed by atoms with E-state index in [9.17, 15) is 23.1 Å². The van der Waals surface area contributed by atoms with E-state index in [1.54, 1.807) is 12.1 Å². The fraction of sp³-hybridized carbons (Fsp3) is 0.440. The van der Waals surface area contributed by atoms with Gasteiger partial charge in [-0.3, -0.25) is 4.79 Å². The van der Waals surface area contributed by atoms with Gasteiger partial charge in [0, 0.05) is 11.5 Å². The number of fused-ring (bicyclic) bond motifs is 1. The number of rotatable bonds is 3. The molecule has 35 heavy (non-hydrogen) atoms. The van der Waals surface area contributed by atoms with Gasteiger partial charge in [-0.25, -0.2) is 4.79 Å². The average Bonchev–Trinajstić information content (AvgIpc) is 2.80. The molecule has 0 unspecified atom stereocenters. The monoisotopic (exact) mass is 491 g/mol. The molecule has 5 rings (SSSR count). The summed E-state index contributed by atoms with van der Waals surface area (Å²) in [6, 6.07) is 11.7. The van der Waals surface area contributed by atoms with Crippen molar-refractivity contribution in [2.75, 3.05) is 11.9 Å². The fourth-order valence-corrected chi connectivity index (χ4v) is 6.02. The Balaban J connectivity index is 0.000000364. The molecular weight excluding hydrogens is 463 g/mol. The Morgan fingerprint density at radius 3 is 2.51 bits per heavy atom. The molecule has 0 aromatic heterocycles. The lowest BCUT2D eigenvalue weighted by molar-refractivity contribution is -0.192. The Morgan fingerprint density at radius 2 is 1.83 bits per heavy atom. The minimum absolute atomic E-state index is 0.211. The molecule has 1 saturated heterocycles. The number of halogens is 3. The van der Waals surface area contributed by atoms with Crippen molar-refractivity contribution in [2.24, 2.45) is 11.7 Å². The second-order valence-corrected chi connectivity index (χ2v) is 9.39. The van der Waals surface area contributed by atoms with Crippen molar-refractivity contribution in [1.29, 1.82) is 0 Å². The Kier molecular flexibility index (Phi) is 6.68. The van der Waals surface area contributed by atoms with E-state index in [0.717, 1.165) is 19.4 Å². The van der Waals surface area contributed by atoms with Gasteiger partial charge in [-0.15, -0.1) is 0 Å². The van der Waals surface area contributed by atoms with Crippen molar-refractivity contribution >= 4 is 23.3 Å². The van der Waals surface area contributed by atoms with Crippen LogP contribution in [0.2, 0.25) is 0 Å². The number of hydrogen-bond donors (Lipinski definition) is 5. The number of primary amides is 1. The summed E-state index contributed by atoms with van der Waals surface area (Å²) in [6.45, 7) is 1.06. The summed E-state index contributed by atoms with van der Waals surface area (Å²) in [5.41, 5.74) is 10.0. The van der Waals surface area contributed by atoms with Gasteiger partial charge in [0.15, 0.2) is 0 Å². The highest BCUT2D eigenvalue weighted by Crippen LogP contribution is 2.55. The van der Waals surface area contributed by atoms with Gasteiger partial charge in [0.1, 0.15) is 5.75 Å². The second kappa shape index (κ2) is 9.41. The van der Waals surface area contributed by atoms with Crippen LogP contribution in [-0.4, -0.2) is 40.9 Å². The number of carboxylic acids is 1. The van der Waals surface area contributed by atoms with E-state index in [4.69, 9.17) is 15.6 Å². The van der Waals surface area contributed by atoms with Gasteiger partial charge in [0.05, 0.1) is 16.9 Å². The number of para-hydroxylation sites is 1. The number of aliphatic carboxylic acids is 1. The fourth-order valence-electron chi connectivity index (χ4n) is 6.02. The van der Waals surface area contributed by atoms with Crippen LogP contribution >= 0.6 is 0 Å². The number of aromatic hydroxyl groups is 1. The molecule has 1 heterocycles. The van der Waals surface area contributed by atoms with Gasteiger partial charge in [0.2, 0.25) is 0 Å². The molecule has 0 radical (unpaired) electrons. The zero-order valence-corrected chi connectivity index (χ0v) is 19.0. The number of anilines is 2. The third-order valence-electron chi connectivity index (χ3n) is 7.46. The van der Waals surface area contributed by atoms with Crippen LogP contribution < -0.4 is 16.4 Å². The predicted octanol–water partition coefficient (Wildman–Crippen LogP) is 4.21. The summed E-state index contributed by atoms with van der Waals surface area (Å²) in [7, 11) is 0. The Hall–Kier alpha value is -3.27. The quantitative estimate of drug-likeness (QED) is 0.410. The number of benzene rings is 2. The van der Waals surface area contributed by atoms with Crippen LogP contribution in [0.25, 0.3) is 0 Å². The summed E-state index contributed by atoms with van der Waals surface area (Å²) in [6.07, 6.45) is 2.15. The number of phenolic OH excluding ortho intramolecular Hbond substituents is 1. The van der Waals surface area contributed by atoms with Crippen LogP contribution in [0.5, 0.6) is 5.75 Å². The van der Waals surface area contributed by atoms with Gasteiger partial charge < -0.3 is 26.6 Å². The molecular formula is C25H28F3N3O4. The molecule has 2 aromatic rings. The van der Waals surface area contributed by atoms with Crippen molar-refractivity contribution in [1.82, 2.24) is 5.32 Å². The smallest absolute Gasteiger partial charge is 0.490 e. The maximum absolute atomic E-state index is 11.7. The molecule has 1 aliphatic heterocycles. The van der Waals surface area contributed by atoms with Gasteiger partial charge in [-0.2, -0.15) is 13.2 Å². The first-order chi connectivity index (χ1) is 16.5. The largest absolute Gasteiger partial charge is 0.506 e. The second-order valence-electron chi connectivity index (χ2n) is 9.39. The number of alkyl halides is 3. The van der Waals surface area contributed by atoms with E-state index in [0.29, 0.717) is 28.9 Å². The van der Waals surface area contributed by atoms with Crippen LogP contribution in [0, 0.1) is 5.92 Å². The van der Waals surface area contributed by atoms with Crippen LogP contribution in [0.1, 0.15) is 53.6 Å². The number of piperidine rings is 1. The SMILES string of the molecule is NC(=O)c1ccccc1Nc1cc2c(cc1O)[C@]13CCCC[C@@H]1[C@H](C2)NCC3.O=C(O)C(F)(F)F. The van der Waals surface area contributed by atoms with Gasteiger partial charge in [-0.05, 0) is 73.5 Å². The first-order valence-electron chi connectivity index (χ1n) is 11.6. The van der Waals surface area contributed by atoms with E-state index < -0.39 is 18.1 Å². The molecule has 3 aliphatic rings. The minimum Gasteiger partial charge on any atom is -0.506 e. The van der Waals surface area contributed by atoms with E-state index in [-0.39, 0.29) is 11.2 Å². The molecule has 2 aromatic carbocycles. The lowest BCUT2D eigenvalue weighted by Gasteiger charge is -2.56. The van der Waals surface area contributed by atoms with Crippen molar-refractivity contribution < 1.29 is 33.0 Å². The highest BCUT2D eigenvalue weighted by molar-refractivity contribution is 5.99. The standard InChI is InChI=1S/C23H27N3O2.C2HF3O2/c24-22(28)15-5-1-2-7-18(15)26-20-12-14-11-19-16-6-3-4-8-23(16,9-10-25-19)17(14)13-21(20)27;3-2(4,5)1(6)7/h1-2,5,7,12-13,16,19,25-27H,3-4,6,8-11H2,(H2,24,28);(H,6,7)/t16-,19+,23+;/m1./s1. The number of amides is 1. The molecule has 6 N–H and O–H groups in total. The Morgan fingerprint density at radius 1 is 1.11 bits per heavy atom. The zero-order chi connectivity index (χ0) is 25.4. The van der Waals surface area contributed by atoms with E-state index in [2.05, 4.69) is 16.7 Å². The minimum atomic E-state index is -5.08. The molecule has 1 amide bonds. The number of nitrogens with two attached hydrogens (primary N) is 1. The topological polar surface area (TPSA) is 125 Å². The van der Waals surface area contributed by atoms with Crippen LogP contribution in [0.4, 0.5) is 24.5 Å². The summed E-state index contributed by atoms with van der Waals surface area (Å²) >= 11 is 0. The first kappa shape index (κ1) is 24.8. The number of phenols is 1. The number of nitrogens with one attached hydrogen (secondary N) is 2. The maximum Gasteiger partial charge on any atom is 0.490 e. The van der Waals surface area contributed by atoms with Gasteiger partial charge in [-0.1, -0.05) is 25.0 Å². The van der Waals surface area contributed by atoms with Crippen molar-refractivity contribution in [2.45, 2.75) is 56.2 Å². The molecule has 7 nitrogen and oxygen atoms in total. The molecule has 2 fully saturated rings. The molecule has 2 aliphatic carbocycles. The lowest BCUT2D eigenvalue weighted by atomic mass is 9.53. The van der Waals surface area contributed by atoms with Gasteiger partial charge >= 0.3 is 12.1 Å².